The lowest BCUT2D eigenvalue weighted by molar-refractivity contribution is -0.274. The van der Waals surface area contributed by atoms with Crippen molar-refractivity contribution < 1.29 is 39.6 Å². The fourth-order valence-electron chi connectivity index (χ4n) is 1.64. The smallest absolute Gasteiger partial charge is 0.406 e. The van der Waals surface area contributed by atoms with Crippen molar-refractivity contribution in [1.82, 2.24) is 9.97 Å². The highest BCUT2D eigenvalue weighted by atomic mass is 35.5. The van der Waals surface area contributed by atoms with Gasteiger partial charge in [0.2, 0.25) is 0 Å². The van der Waals surface area contributed by atoms with E-state index in [0.717, 1.165) is 18.5 Å². The molecule has 2 N–H and O–H groups in total. The molecule has 0 unspecified atom stereocenters. The van der Waals surface area contributed by atoms with Crippen LogP contribution >= 0.6 is 11.6 Å². The van der Waals surface area contributed by atoms with Crippen LogP contribution in [0.25, 0.3) is 0 Å². The minimum Gasteiger partial charge on any atom is -0.406 e. The van der Waals surface area contributed by atoms with Crippen LogP contribution in [0.5, 0.6) is 5.75 Å². The summed E-state index contributed by atoms with van der Waals surface area (Å²) in [6.07, 6.45) is -3.32. The topological polar surface area (TPSA) is 123 Å². The molecule has 0 saturated carbocycles. The summed E-state index contributed by atoms with van der Waals surface area (Å²) in [5, 5.41) is 5.10. The van der Waals surface area contributed by atoms with Crippen LogP contribution in [-0.2, 0) is 14.7 Å². The minimum absolute atomic E-state index is 0.169. The molecule has 9 nitrogen and oxygen atoms in total. The molecule has 1 aromatic heterocycles. The molecule has 0 atom stereocenters. The second-order valence-corrected chi connectivity index (χ2v) is 5.84. The Hall–Kier alpha value is -2.71. The molecule has 0 radical (unpaired) electrons. The van der Waals surface area contributed by atoms with Gasteiger partial charge in [-0.15, -0.1) is 13.2 Å². The predicted molar refractivity (Wildman–Crippen MR) is 83.6 cm³/mol. The van der Waals surface area contributed by atoms with Gasteiger partial charge in [0.1, 0.15) is 28.9 Å². The zero-order valence-electron chi connectivity index (χ0n) is 12.6. The first-order chi connectivity index (χ1) is 12.4. The Labute approximate surface area is 153 Å². The van der Waals surface area contributed by atoms with Crippen LogP contribution in [0.3, 0.4) is 0 Å². The van der Waals surface area contributed by atoms with Gasteiger partial charge in [-0.2, -0.15) is 8.42 Å². The van der Waals surface area contributed by atoms with Crippen LogP contribution in [-0.4, -0.2) is 35.5 Å². The second kappa shape index (κ2) is 7.89. The van der Waals surface area contributed by atoms with Gasteiger partial charge in [-0.05, 0) is 12.1 Å². The number of oxime groups is 1. The molecule has 146 valence electrons. The predicted octanol–water partition coefficient (Wildman–Crippen LogP) is 3.06. The summed E-state index contributed by atoms with van der Waals surface area (Å²) in [7, 11) is -4.87. The summed E-state index contributed by atoms with van der Waals surface area (Å²) in [4.78, 5) is 7.32. The Morgan fingerprint density at radius 2 is 2.00 bits per heavy atom. The molecule has 1 heterocycles. The van der Waals surface area contributed by atoms with Gasteiger partial charge in [0.25, 0.3) is 0 Å². The number of ether oxygens (including phenoxy) is 1. The molecule has 2 rings (SSSR count). The molecule has 0 saturated heterocycles. The van der Waals surface area contributed by atoms with Gasteiger partial charge in [0.15, 0.2) is 0 Å². The van der Waals surface area contributed by atoms with Gasteiger partial charge in [-0.1, -0.05) is 16.8 Å². The highest BCUT2D eigenvalue weighted by molar-refractivity contribution is 7.80. The van der Waals surface area contributed by atoms with Crippen molar-refractivity contribution >= 4 is 39.7 Å². The van der Waals surface area contributed by atoms with Gasteiger partial charge >= 0.3 is 16.8 Å². The highest BCUT2D eigenvalue weighted by Gasteiger charge is 2.31. The first-order valence-electron chi connectivity index (χ1n) is 6.47. The maximum absolute atomic E-state index is 14.0. The van der Waals surface area contributed by atoms with Crippen LogP contribution in [0.4, 0.5) is 29.1 Å². The lowest BCUT2D eigenvalue weighted by Gasteiger charge is -2.12. The summed E-state index contributed by atoms with van der Waals surface area (Å²) >= 11 is 5.79. The molecule has 0 spiro atoms. The lowest BCUT2D eigenvalue weighted by Crippen LogP contribution is -2.17. The Kier molecular flexibility index (Phi) is 6.02. The molecule has 0 aliphatic rings. The summed E-state index contributed by atoms with van der Waals surface area (Å²) in [5.41, 5.74) is -0.484. The van der Waals surface area contributed by atoms with E-state index in [2.05, 4.69) is 29.5 Å². The Balaban J connectivity index is 2.28. The number of alkyl halides is 3. The average Bonchev–Trinajstić information content (AvgIpc) is 2.50. The maximum atomic E-state index is 14.0. The van der Waals surface area contributed by atoms with Crippen molar-refractivity contribution in [3.05, 3.63) is 41.1 Å². The third-order valence-electron chi connectivity index (χ3n) is 2.58. The van der Waals surface area contributed by atoms with E-state index >= 15 is 0 Å². The zero-order chi connectivity index (χ0) is 20.2. The number of halogens is 5. The number of nitrogens with zero attached hydrogens (tertiary/aromatic N) is 3. The van der Waals surface area contributed by atoms with E-state index in [1.165, 1.54) is 0 Å². The molecule has 0 amide bonds. The highest BCUT2D eigenvalue weighted by Crippen LogP contribution is 2.29. The zero-order valence-corrected chi connectivity index (χ0v) is 14.2. The fraction of sp³-hybridized carbons (Fsp3) is 0.0833. The summed E-state index contributed by atoms with van der Waals surface area (Å²) in [6, 6.07) is 2.26. The molecular weight excluding hydrogens is 424 g/mol. The monoisotopic (exact) mass is 430 g/mol. The first kappa shape index (κ1) is 20.6. The number of nitrogens with one attached hydrogen (secondary N) is 1. The van der Waals surface area contributed by atoms with Crippen LogP contribution in [0, 0.1) is 5.82 Å². The van der Waals surface area contributed by atoms with Crippen molar-refractivity contribution in [2.45, 2.75) is 6.36 Å². The van der Waals surface area contributed by atoms with Gasteiger partial charge < -0.3 is 10.1 Å². The van der Waals surface area contributed by atoms with Crippen LogP contribution in [0.2, 0.25) is 5.15 Å². The number of hydrogen-bond donors (Lipinski definition) is 2. The van der Waals surface area contributed by atoms with Crippen molar-refractivity contribution in [1.29, 1.82) is 0 Å². The average molecular weight is 431 g/mol. The van der Waals surface area contributed by atoms with Gasteiger partial charge in [0.05, 0.1) is 17.5 Å². The van der Waals surface area contributed by atoms with Crippen LogP contribution in [0.1, 0.15) is 5.56 Å². The van der Waals surface area contributed by atoms with E-state index in [9.17, 15) is 26.0 Å². The van der Waals surface area contributed by atoms with Crippen LogP contribution < -0.4 is 10.1 Å². The number of anilines is 2. The Morgan fingerprint density at radius 1 is 1.30 bits per heavy atom. The van der Waals surface area contributed by atoms with Crippen molar-refractivity contribution in [3.8, 4) is 5.75 Å². The van der Waals surface area contributed by atoms with Gasteiger partial charge in [-0.3, -0.25) is 4.55 Å². The van der Waals surface area contributed by atoms with Crippen molar-refractivity contribution in [2.75, 3.05) is 5.32 Å². The number of aromatic nitrogens is 2. The standard InChI is InChI=1S/C12H7ClF4N4O5S/c13-10-7(4-20-26-27(22,23)24)11(19-5-18-10)21-9-2-1-6(3-8(9)14)25-12(15,16)17/h1-5H,(H,18,19,21)(H,22,23,24)/b20-4+. The summed E-state index contributed by atoms with van der Waals surface area (Å²) in [6.45, 7) is 0. The third-order valence-corrected chi connectivity index (χ3v) is 3.16. The SMILES string of the molecule is O=S(=O)(O)O/N=C/c1c(Cl)ncnc1Nc1ccc(OC(F)(F)F)cc1F. The molecule has 1 aromatic carbocycles. The molecule has 0 fully saturated rings. The molecule has 27 heavy (non-hydrogen) atoms. The quantitative estimate of drug-likeness (QED) is 0.236. The maximum Gasteiger partial charge on any atom is 0.573 e. The minimum atomic E-state index is -4.99. The van der Waals surface area contributed by atoms with E-state index < -0.39 is 28.3 Å². The van der Waals surface area contributed by atoms with Gasteiger partial charge in [-0.25, -0.2) is 18.6 Å². The second-order valence-electron chi connectivity index (χ2n) is 4.48. The first-order valence-corrected chi connectivity index (χ1v) is 8.21. The summed E-state index contributed by atoms with van der Waals surface area (Å²) in [5.74, 6) is -2.10. The molecule has 0 aliphatic carbocycles. The molecule has 2 aromatic rings. The molecule has 15 heteroatoms. The van der Waals surface area contributed by atoms with E-state index in [-0.39, 0.29) is 22.2 Å². The normalized spacial score (nSPS) is 12.2. The molecule has 0 bridgehead atoms. The number of rotatable bonds is 6. The van der Waals surface area contributed by atoms with E-state index in [4.69, 9.17) is 16.2 Å². The third kappa shape index (κ3) is 6.50. The van der Waals surface area contributed by atoms with Gasteiger partial charge in [0, 0.05) is 6.07 Å². The van der Waals surface area contributed by atoms with Crippen molar-refractivity contribution in [3.63, 3.8) is 0 Å². The summed E-state index contributed by atoms with van der Waals surface area (Å²) < 4.78 is 87.1. The van der Waals surface area contributed by atoms with E-state index in [1.807, 2.05) is 0 Å². The lowest BCUT2D eigenvalue weighted by atomic mass is 10.2. The molecule has 0 aliphatic heterocycles. The molecular formula is C12H7ClF4N4O5S. The largest absolute Gasteiger partial charge is 0.573 e. The van der Waals surface area contributed by atoms with E-state index in [0.29, 0.717) is 12.3 Å². The number of benzene rings is 1. The number of hydrogen-bond acceptors (Lipinski definition) is 8. The Bertz CT molecular complexity index is 971. The van der Waals surface area contributed by atoms with Crippen molar-refractivity contribution in [2.24, 2.45) is 5.16 Å². The van der Waals surface area contributed by atoms with E-state index in [1.54, 1.807) is 0 Å². The fourth-order valence-corrected chi connectivity index (χ4v) is 1.97. The Morgan fingerprint density at radius 3 is 2.59 bits per heavy atom. The van der Waals surface area contributed by atoms with Crippen LogP contribution in [0.15, 0.2) is 29.7 Å².